The molecule has 0 saturated carbocycles. The molecule has 1 atom stereocenters. The van der Waals surface area contributed by atoms with Crippen LogP contribution in [-0.4, -0.2) is 24.1 Å². The molecule has 0 fully saturated rings. The van der Waals surface area contributed by atoms with Gasteiger partial charge in [0.15, 0.2) is 18.2 Å². The Morgan fingerprint density at radius 2 is 1.74 bits per heavy atom. The number of benzene rings is 2. The average molecular weight is 311 g/mol. The molecule has 5 nitrogen and oxygen atoms in total. The van der Waals surface area contributed by atoms with Crippen molar-refractivity contribution in [1.29, 1.82) is 0 Å². The zero-order chi connectivity index (χ0) is 16.8. The predicted octanol–water partition coefficient (Wildman–Crippen LogP) is 3.11. The molecule has 0 heterocycles. The van der Waals surface area contributed by atoms with Crippen molar-refractivity contribution < 1.29 is 19.1 Å². The summed E-state index contributed by atoms with van der Waals surface area (Å²) < 4.78 is 5.53. The average Bonchev–Trinajstić information content (AvgIpc) is 2.55. The summed E-state index contributed by atoms with van der Waals surface area (Å²) in [5.74, 6) is -0.0246. The highest BCUT2D eigenvalue weighted by Crippen LogP contribution is 2.18. The lowest BCUT2D eigenvalue weighted by Gasteiger charge is -2.16. The van der Waals surface area contributed by atoms with E-state index in [1.54, 1.807) is 55.5 Å². The maximum Gasteiger partial charge on any atom is 0.265 e. The molecule has 1 amide bonds. The van der Waals surface area contributed by atoms with Gasteiger partial charge in [-0.1, -0.05) is 12.1 Å². The smallest absolute Gasteiger partial charge is 0.265 e. The van der Waals surface area contributed by atoms with Crippen LogP contribution >= 0.6 is 0 Å². The number of rotatable bonds is 6. The molecule has 5 heteroatoms. The van der Waals surface area contributed by atoms with Gasteiger partial charge in [-0.3, -0.25) is 14.4 Å². The zero-order valence-corrected chi connectivity index (χ0v) is 12.9. The van der Waals surface area contributed by atoms with Gasteiger partial charge >= 0.3 is 0 Å². The second kappa shape index (κ2) is 7.35. The first-order valence-corrected chi connectivity index (χ1v) is 7.14. The summed E-state index contributed by atoms with van der Waals surface area (Å²) in [6.07, 6.45) is -0.0935. The van der Waals surface area contributed by atoms with E-state index in [0.29, 0.717) is 28.8 Å². The molecule has 0 aliphatic carbocycles. The molecule has 0 aromatic heterocycles. The summed E-state index contributed by atoms with van der Waals surface area (Å²) >= 11 is 0. The highest BCUT2D eigenvalue weighted by atomic mass is 16.5. The van der Waals surface area contributed by atoms with Gasteiger partial charge in [0.1, 0.15) is 5.75 Å². The van der Waals surface area contributed by atoms with Crippen LogP contribution in [0.5, 0.6) is 5.75 Å². The summed E-state index contributed by atoms with van der Waals surface area (Å²) in [5.41, 5.74) is 1.53. The van der Waals surface area contributed by atoms with Crippen molar-refractivity contribution in [3.8, 4) is 5.75 Å². The van der Waals surface area contributed by atoms with E-state index in [4.69, 9.17) is 4.74 Å². The molecule has 0 radical (unpaired) electrons. The van der Waals surface area contributed by atoms with E-state index in [2.05, 4.69) is 5.32 Å². The topological polar surface area (TPSA) is 72.5 Å². The first kappa shape index (κ1) is 16.4. The Balaban J connectivity index is 2.02. The van der Waals surface area contributed by atoms with Crippen molar-refractivity contribution in [3.63, 3.8) is 0 Å². The van der Waals surface area contributed by atoms with Crippen LogP contribution in [0.25, 0.3) is 0 Å². The Kier molecular flexibility index (Phi) is 5.25. The zero-order valence-electron chi connectivity index (χ0n) is 12.9. The molecule has 2 aromatic rings. The fourth-order valence-electron chi connectivity index (χ4n) is 1.96. The van der Waals surface area contributed by atoms with Gasteiger partial charge in [-0.25, -0.2) is 0 Å². The van der Waals surface area contributed by atoms with Crippen molar-refractivity contribution in [2.75, 3.05) is 5.32 Å². The number of ether oxygens (including phenoxy) is 1. The van der Waals surface area contributed by atoms with Crippen LogP contribution in [0.1, 0.15) is 34.6 Å². The Morgan fingerprint density at radius 1 is 1.09 bits per heavy atom. The van der Waals surface area contributed by atoms with Crippen LogP contribution in [0.2, 0.25) is 0 Å². The highest BCUT2D eigenvalue weighted by molar-refractivity contribution is 5.96. The summed E-state index contributed by atoms with van der Waals surface area (Å²) in [4.78, 5) is 34.3. The van der Waals surface area contributed by atoms with E-state index in [9.17, 15) is 14.4 Å². The number of aldehydes is 1. The lowest BCUT2D eigenvalue weighted by atomic mass is 10.1. The van der Waals surface area contributed by atoms with E-state index in [-0.39, 0.29) is 11.7 Å². The minimum atomic E-state index is -0.774. The quantitative estimate of drug-likeness (QED) is 0.657. The second-order valence-corrected chi connectivity index (χ2v) is 5.04. The van der Waals surface area contributed by atoms with Crippen molar-refractivity contribution in [3.05, 3.63) is 59.7 Å². The van der Waals surface area contributed by atoms with E-state index in [1.807, 2.05) is 0 Å². The molecular weight excluding hydrogens is 294 g/mol. The summed E-state index contributed by atoms with van der Waals surface area (Å²) in [6.45, 7) is 3.08. The van der Waals surface area contributed by atoms with Crippen LogP contribution in [0.4, 0.5) is 5.69 Å². The maximum absolute atomic E-state index is 12.1. The van der Waals surface area contributed by atoms with Crippen LogP contribution in [0.3, 0.4) is 0 Å². The number of anilines is 1. The van der Waals surface area contributed by atoms with Gasteiger partial charge < -0.3 is 10.1 Å². The van der Waals surface area contributed by atoms with E-state index < -0.39 is 6.10 Å². The Hall–Kier alpha value is -2.95. The number of ketones is 1. The largest absolute Gasteiger partial charge is 0.480 e. The van der Waals surface area contributed by atoms with Crippen LogP contribution in [-0.2, 0) is 4.79 Å². The van der Waals surface area contributed by atoms with Crippen LogP contribution in [0, 0.1) is 0 Å². The van der Waals surface area contributed by atoms with Gasteiger partial charge in [-0.05, 0) is 50.2 Å². The molecule has 0 saturated heterocycles. The molecule has 0 bridgehead atoms. The van der Waals surface area contributed by atoms with Crippen molar-refractivity contribution in [1.82, 2.24) is 0 Å². The lowest BCUT2D eigenvalue weighted by molar-refractivity contribution is -0.122. The molecule has 1 N–H and O–H groups in total. The standard InChI is InChI=1S/C18H17NO4/c1-12(21)14-7-9-16(10-8-14)19-18(22)13(2)23-17-6-4-3-5-15(17)11-20/h3-11,13H,1-2H3,(H,19,22)/t13-/m1/s1. The molecule has 118 valence electrons. The monoisotopic (exact) mass is 311 g/mol. The number of carbonyl (C=O) groups excluding carboxylic acids is 3. The number of nitrogens with one attached hydrogen (secondary N) is 1. The maximum atomic E-state index is 12.1. The SMILES string of the molecule is CC(=O)c1ccc(NC(=O)[C@@H](C)Oc2ccccc2C=O)cc1. The summed E-state index contributed by atoms with van der Waals surface area (Å²) in [5, 5.41) is 2.70. The predicted molar refractivity (Wildman–Crippen MR) is 87.0 cm³/mol. The molecule has 23 heavy (non-hydrogen) atoms. The minimum absolute atomic E-state index is 0.0370. The highest BCUT2D eigenvalue weighted by Gasteiger charge is 2.16. The van der Waals surface area contributed by atoms with Crippen LogP contribution < -0.4 is 10.1 Å². The Labute approximate surface area is 134 Å². The van der Waals surface area contributed by atoms with Crippen molar-refractivity contribution in [2.45, 2.75) is 20.0 Å². The number of para-hydroxylation sites is 1. The Morgan fingerprint density at radius 3 is 2.35 bits per heavy atom. The minimum Gasteiger partial charge on any atom is -0.480 e. The van der Waals surface area contributed by atoms with E-state index >= 15 is 0 Å². The third-order valence-corrected chi connectivity index (χ3v) is 3.28. The lowest BCUT2D eigenvalue weighted by Crippen LogP contribution is -2.30. The summed E-state index contributed by atoms with van der Waals surface area (Å²) in [6, 6.07) is 13.3. The molecule has 0 spiro atoms. The van der Waals surface area contributed by atoms with Gasteiger partial charge in [0, 0.05) is 11.3 Å². The molecule has 0 unspecified atom stereocenters. The third-order valence-electron chi connectivity index (χ3n) is 3.28. The van der Waals surface area contributed by atoms with Gasteiger partial charge in [-0.2, -0.15) is 0 Å². The van der Waals surface area contributed by atoms with Gasteiger partial charge in [0.05, 0.1) is 5.56 Å². The van der Waals surface area contributed by atoms with Crippen molar-refractivity contribution >= 4 is 23.7 Å². The van der Waals surface area contributed by atoms with Gasteiger partial charge in [0.2, 0.25) is 0 Å². The first-order chi connectivity index (χ1) is 11.0. The molecule has 2 rings (SSSR count). The first-order valence-electron chi connectivity index (χ1n) is 7.14. The number of carbonyl (C=O) groups is 3. The molecular formula is C18H17NO4. The van der Waals surface area contributed by atoms with Gasteiger partial charge in [-0.15, -0.1) is 0 Å². The van der Waals surface area contributed by atoms with E-state index in [1.165, 1.54) is 6.92 Å². The molecule has 0 aliphatic rings. The van der Waals surface area contributed by atoms with Crippen molar-refractivity contribution in [2.24, 2.45) is 0 Å². The van der Waals surface area contributed by atoms with Crippen LogP contribution in [0.15, 0.2) is 48.5 Å². The Bertz CT molecular complexity index is 722. The van der Waals surface area contributed by atoms with Gasteiger partial charge in [0.25, 0.3) is 5.91 Å². The fraction of sp³-hybridized carbons (Fsp3) is 0.167. The number of hydrogen-bond donors (Lipinski definition) is 1. The number of amides is 1. The third kappa shape index (κ3) is 4.26. The van der Waals surface area contributed by atoms with E-state index in [0.717, 1.165) is 0 Å². The summed E-state index contributed by atoms with van der Waals surface area (Å²) in [7, 11) is 0. The number of hydrogen-bond acceptors (Lipinski definition) is 4. The molecule has 2 aromatic carbocycles. The second-order valence-electron chi connectivity index (χ2n) is 5.04. The fourth-order valence-corrected chi connectivity index (χ4v) is 1.96. The molecule has 0 aliphatic heterocycles. The number of Topliss-reactive ketones (excluding diaryl/α,β-unsaturated/α-hetero) is 1. The normalized spacial score (nSPS) is 11.4.